The van der Waals surface area contributed by atoms with Gasteiger partial charge < -0.3 is 5.32 Å². The molecule has 1 aromatic heterocycles. The van der Waals surface area contributed by atoms with Gasteiger partial charge in [0.15, 0.2) is 4.34 Å². The van der Waals surface area contributed by atoms with Gasteiger partial charge in [0.05, 0.1) is 11.0 Å². The third kappa shape index (κ3) is 6.68. The number of anilines is 2. The summed E-state index contributed by atoms with van der Waals surface area (Å²) in [4.78, 5) is 24.1. The van der Waals surface area contributed by atoms with Crippen molar-refractivity contribution in [1.82, 2.24) is 10.2 Å². The second kappa shape index (κ2) is 9.79. The van der Waals surface area contributed by atoms with Gasteiger partial charge in [-0.1, -0.05) is 47.7 Å². The molecule has 2 N–H and O–H groups in total. The SMILES string of the molecule is CCSc1nnc(NC(=O)[C@@H](C)SCC(=O)Nc2ccc(C)cc2)s1. The van der Waals surface area contributed by atoms with Crippen LogP contribution in [0.4, 0.5) is 10.8 Å². The number of thioether (sulfide) groups is 2. The number of carbonyl (C=O) groups excluding carboxylic acids is 2. The maximum Gasteiger partial charge on any atom is 0.239 e. The lowest BCUT2D eigenvalue weighted by atomic mass is 10.2. The van der Waals surface area contributed by atoms with Crippen LogP contribution in [0.3, 0.4) is 0 Å². The Morgan fingerprint density at radius 1 is 1.20 bits per heavy atom. The van der Waals surface area contributed by atoms with Crippen LogP contribution >= 0.6 is 34.9 Å². The summed E-state index contributed by atoms with van der Waals surface area (Å²) in [5, 5.41) is 13.6. The molecule has 0 radical (unpaired) electrons. The Labute approximate surface area is 159 Å². The van der Waals surface area contributed by atoms with Crippen molar-refractivity contribution in [3.8, 4) is 0 Å². The van der Waals surface area contributed by atoms with Crippen molar-refractivity contribution in [1.29, 1.82) is 0 Å². The first-order valence-corrected chi connectivity index (χ1v) is 10.6. The van der Waals surface area contributed by atoms with Crippen LogP contribution in [-0.4, -0.2) is 38.8 Å². The summed E-state index contributed by atoms with van der Waals surface area (Å²) in [6.45, 7) is 5.79. The fourth-order valence-corrected chi connectivity index (χ4v) is 4.10. The zero-order valence-electron chi connectivity index (χ0n) is 14.2. The van der Waals surface area contributed by atoms with E-state index in [0.717, 1.165) is 21.3 Å². The Balaban J connectivity index is 1.76. The van der Waals surface area contributed by atoms with Gasteiger partial charge in [0.1, 0.15) is 0 Å². The predicted molar refractivity (Wildman–Crippen MR) is 107 cm³/mol. The number of carbonyl (C=O) groups is 2. The van der Waals surface area contributed by atoms with E-state index >= 15 is 0 Å². The summed E-state index contributed by atoms with van der Waals surface area (Å²) in [7, 11) is 0. The molecule has 25 heavy (non-hydrogen) atoms. The van der Waals surface area contributed by atoms with E-state index in [0.29, 0.717) is 5.13 Å². The van der Waals surface area contributed by atoms with Crippen LogP contribution in [0.5, 0.6) is 0 Å². The number of hydrogen-bond acceptors (Lipinski definition) is 7. The Kier molecular flexibility index (Phi) is 7.73. The Bertz CT molecular complexity index is 718. The number of aryl methyl sites for hydroxylation is 1. The van der Waals surface area contributed by atoms with E-state index in [4.69, 9.17) is 0 Å². The average molecular weight is 397 g/mol. The van der Waals surface area contributed by atoms with E-state index < -0.39 is 0 Å². The molecule has 0 fully saturated rings. The summed E-state index contributed by atoms with van der Waals surface area (Å²) in [5.74, 6) is 0.795. The molecule has 0 bridgehead atoms. The van der Waals surface area contributed by atoms with Gasteiger partial charge >= 0.3 is 0 Å². The van der Waals surface area contributed by atoms with Crippen molar-refractivity contribution in [3.63, 3.8) is 0 Å². The Morgan fingerprint density at radius 2 is 1.92 bits per heavy atom. The highest BCUT2D eigenvalue weighted by atomic mass is 32.2. The van der Waals surface area contributed by atoms with Gasteiger partial charge in [-0.25, -0.2) is 0 Å². The highest BCUT2D eigenvalue weighted by molar-refractivity contribution is 8.01. The maximum absolute atomic E-state index is 12.2. The molecule has 1 aromatic carbocycles. The van der Waals surface area contributed by atoms with Crippen molar-refractivity contribution in [3.05, 3.63) is 29.8 Å². The van der Waals surface area contributed by atoms with Crippen LogP contribution in [0, 0.1) is 6.92 Å². The van der Waals surface area contributed by atoms with Crippen molar-refractivity contribution in [2.24, 2.45) is 0 Å². The van der Waals surface area contributed by atoms with Gasteiger partial charge in [-0.3, -0.25) is 14.9 Å². The van der Waals surface area contributed by atoms with Gasteiger partial charge in [0.2, 0.25) is 16.9 Å². The first-order valence-electron chi connectivity index (χ1n) is 7.73. The minimum atomic E-state index is -0.366. The largest absolute Gasteiger partial charge is 0.325 e. The van der Waals surface area contributed by atoms with Crippen molar-refractivity contribution >= 4 is 57.5 Å². The highest BCUT2D eigenvalue weighted by Gasteiger charge is 2.17. The van der Waals surface area contributed by atoms with Gasteiger partial charge in [0, 0.05) is 5.69 Å². The third-order valence-corrected chi connectivity index (χ3v) is 6.07. The van der Waals surface area contributed by atoms with Gasteiger partial charge in [-0.2, -0.15) is 0 Å². The number of benzene rings is 1. The van der Waals surface area contributed by atoms with Crippen LogP contribution in [-0.2, 0) is 9.59 Å². The molecule has 0 spiro atoms. The topological polar surface area (TPSA) is 84.0 Å². The molecule has 9 heteroatoms. The molecule has 134 valence electrons. The van der Waals surface area contributed by atoms with Crippen molar-refractivity contribution in [2.75, 3.05) is 22.1 Å². The number of rotatable bonds is 8. The fourth-order valence-electron chi connectivity index (χ4n) is 1.76. The summed E-state index contributed by atoms with van der Waals surface area (Å²) < 4.78 is 0.829. The van der Waals surface area contributed by atoms with Gasteiger partial charge in [-0.05, 0) is 31.7 Å². The summed E-state index contributed by atoms with van der Waals surface area (Å²) in [5.41, 5.74) is 1.89. The van der Waals surface area contributed by atoms with Crippen molar-refractivity contribution in [2.45, 2.75) is 30.4 Å². The van der Waals surface area contributed by atoms with Crippen LogP contribution in [0.2, 0.25) is 0 Å². The quantitative estimate of drug-likeness (QED) is 0.523. The molecule has 0 aliphatic carbocycles. The molecule has 0 saturated carbocycles. The summed E-state index contributed by atoms with van der Waals surface area (Å²) >= 11 is 4.21. The van der Waals surface area contributed by atoms with Gasteiger partial charge in [0.25, 0.3) is 0 Å². The molecule has 1 heterocycles. The molecule has 0 aliphatic rings. The van der Waals surface area contributed by atoms with Crippen LogP contribution < -0.4 is 10.6 Å². The molecule has 0 saturated heterocycles. The Hall–Kier alpha value is -1.58. The lowest BCUT2D eigenvalue weighted by Crippen LogP contribution is -2.25. The predicted octanol–water partition coefficient (Wildman–Crippen LogP) is 3.66. The normalized spacial score (nSPS) is 11.8. The van der Waals surface area contributed by atoms with E-state index in [1.807, 2.05) is 38.1 Å². The first-order chi connectivity index (χ1) is 12.0. The number of hydrogen-bond donors (Lipinski definition) is 2. The molecule has 6 nitrogen and oxygen atoms in total. The minimum absolute atomic E-state index is 0.133. The van der Waals surface area contributed by atoms with Gasteiger partial charge in [-0.15, -0.1) is 22.0 Å². The molecule has 0 aliphatic heterocycles. The number of amides is 2. The average Bonchev–Trinajstić information content (AvgIpc) is 3.02. The molecular formula is C16H20N4O2S3. The molecule has 2 rings (SSSR count). The van der Waals surface area contributed by atoms with E-state index in [-0.39, 0.29) is 22.8 Å². The van der Waals surface area contributed by atoms with Crippen LogP contribution in [0.15, 0.2) is 28.6 Å². The zero-order valence-corrected chi connectivity index (χ0v) is 16.7. The van der Waals surface area contributed by atoms with Crippen LogP contribution in [0.1, 0.15) is 19.4 Å². The van der Waals surface area contributed by atoms with Crippen LogP contribution in [0.25, 0.3) is 0 Å². The second-order valence-electron chi connectivity index (χ2n) is 5.16. The maximum atomic E-state index is 12.2. The zero-order chi connectivity index (χ0) is 18.2. The van der Waals surface area contributed by atoms with E-state index in [2.05, 4.69) is 20.8 Å². The monoisotopic (exact) mass is 396 g/mol. The summed E-state index contributed by atoms with van der Waals surface area (Å²) in [6.07, 6.45) is 0. The number of nitrogens with one attached hydrogen (secondary N) is 2. The lowest BCUT2D eigenvalue weighted by Gasteiger charge is -2.10. The van der Waals surface area contributed by atoms with E-state index in [1.54, 1.807) is 18.7 Å². The van der Waals surface area contributed by atoms with Crippen molar-refractivity contribution < 1.29 is 9.59 Å². The molecule has 0 unspecified atom stereocenters. The molecule has 2 aromatic rings. The van der Waals surface area contributed by atoms with E-state index in [9.17, 15) is 9.59 Å². The summed E-state index contributed by atoms with van der Waals surface area (Å²) in [6, 6.07) is 7.59. The Morgan fingerprint density at radius 3 is 2.60 bits per heavy atom. The fraction of sp³-hybridized carbons (Fsp3) is 0.375. The smallest absolute Gasteiger partial charge is 0.239 e. The first kappa shape index (κ1) is 19.7. The van der Waals surface area contributed by atoms with E-state index in [1.165, 1.54) is 23.1 Å². The number of aromatic nitrogens is 2. The lowest BCUT2D eigenvalue weighted by molar-refractivity contribution is -0.115. The number of nitrogens with zero attached hydrogens (tertiary/aromatic N) is 2. The molecule has 2 amide bonds. The second-order valence-corrected chi connectivity index (χ2v) is 8.98. The molecular weight excluding hydrogens is 376 g/mol. The third-order valence-electron chi connectivity index (χ3n) is 3.07. The highest BCUT2D eigenvalue weighted by Crippen LogP contribution is 2.25. The standard InChI is InChI=1S/C16H20N4O2S3/c1-4-23-16-20-19-15(25-16)18-14(22)11(3)24-9-13(21)17-12-7-5-10(2)6-8-12/h5-8,11H,4,9H2,1-3H3,(H,17,21)(H,18,19,22)/t11-/m1/s1. The molecule has 1 atom stereocenters. The minimum Gasteiger partial charge on any atom is -0.325 e.